The van der Waals surface area contributed by atoms with Gasteiger partial charge in [0.2, 0.25) is 0 Å². The third-order valence-electron chi connectivity index (χ3n) is 5.23. The van der Waals surface area contributed by atoms with Gasteiger partial charge in [0.05, 0.1) is 0 Å². The molecular formula is C28H25N. The van der Waals surface area contributed by atoms with Gasteiger partial charge in [-0.25, -0.2) is 0 Å². The zero-order chi connectivity index (χ0) is 20.1. The molecule has 0 aliphatic heterocycles. The highest BCUT2D eigenvalue weighted by atomic mass is 15.1. The van der Waals surface area contributed by atoms with Gasteiger partial charge in [0.15, 0.2) is 0 Å². The molecule has 0 amide bonds. The number of hydrogen-bond acceptors (Lipinski definition) is 1. The van der Waals surface area contributed by atoms with E-state index in [0.717, 1.165) is 0 Å². The Morgan fingerprint density at radius 3 is 2.24 bits per heavy atom. The molecule has 0 radical (unpaired) electrons. The van der Waals surface area contributed by atoms with Crippen LogP contribution in [0.2, 0.25) is 0 Å². The van der Waals surface area contributed by atoms with E-state index in [1.807, 2.05) is 13.0 Å². The second-order valence-electron chi connectivity index (χ2n) is 7.08. The molecule has 4 aromatic rings. The maximum Gasteiger partial charge on any atom is 0.0481 e. The summed E-state index contributed by atoms with van der Waals surface area (Å²) in [4.78, 5) is 2.24. The summed E-state index contributed by atoms with van der Waals surface area (Å²) in [5.74, 6) is 0. The van der Waals surface area contributed by atoms with E-state index < -0.39 is 0 Å². The molecule has 29 heavy (non-hydrogen) atoms. The van der Waals surface area contributed by atoms with Gasteiger partial charge in [0, 0.05) is 18.4 Å². The summed E-state index contributed by atoms with van der Waals surface area (Å²) in [6.45, 7) is 2.03. The maximum atomic E-state index is 2.24. The fourth-order valence-corrected chi connectivity index (χ4v) is 3.69. The molecule has 0 aliphatic rings. The average molecular weight is 376 g/mol. The van der Waals surface area contributed by atoms with Crippen LogP contribution in [0.4, 0.5) is 11.4 Å². The maximum absolute atomic E-state index is 2.24. The van der Waals surface area contributed by atoms with E-state index in [-0.39, 0.29) is 0 Å². The summed E-state index contributed by atoms with van der Waals surface area (Å²) in [5, 5.41) is 2.56. The molecule has 0 atom stereocenters. The first-order valence-electron chi connectivity index (χ1n) is 9.98. The quantitative estimate of drug-likeness (QED) is 0.321. The highest BCUT2D eigenvalue weighted by Gasteiger charge is 2.09. The Hall–Kier alpha value is -3.58. The van der Waals surface area contributed by atoms with Crippen LogP contribution in [-0.4, -0.2) is 7.05 Å². The molecule has 0 bridgehead atoms. The molecule has 142 valence electrons. The Kier molecular flexibility index (Phi) is 5.58. The van der Waals surface area contributed by atoms with E-state index >= 15 is 0 Å². The van der Waals surface area contributed by atoms with Crippen LogP contribution in [0.5, 0.6) is 0 Å². The lowest BCUT2D eigenvalue weighted by molar-refractivity contribution is 1.20. The largest absolute Gasteiger partial charge is 0.344 e. The third kappa shape index (κ3) is 4.00. The monoisotopic (exact) mass is 375 g/mol. The number of anilines is 2. The van der Waals surface area contributed by atoms with Crippen molar-refractivity contribution >= 4 is 28.2 Å². The second-order valence-corrected chi connectivity index (χ2v) is 7.08. The Morgan fingerprint density at radius 2 is 1.41 bits per heavy atom. The van der Waals surface area contributed by atoms with Crippen molar-refractivity contribution in [3.63, 3.8) is 0 Å². The number of nitrogens with zero attached hydrogens (tertiary/aromatic N) is 1. The topological polar surface area (TPSA) is 3.24 Å². The molecule has 1 heteroatoms. The predicted octanol–water partition coefficient (Wildman–Crippen LogP) is 7.86. The molecule has 0 fully saturated rings. The van der Waals surface area contributed by atoms with Crippen LogP contribution in [0, 0.1) is 0 Å². The highest BCUT2D eigenvalue weighted by Crippen LogP contribution is 2.32. The van der Waals surface area contributed by atoms with Gasteiger partial charge in [-0.1, -0.05) is 97.1 Å². The van der Waals surface area contributed by atoms with Crippen molar-refractivity contribution in [3.8, 4) is 11.1 Å². The predicted molar refractivity (Wildman–Crippen MR) is 128 cm³/mol. The van der Waals surface area contributed by atoms with Crippen molar-refractivity contribution < 1.29 is 0 Å². The highest BCUT2D eigenvalue weighted by molar-refractivity contribution is 5.96. The molecule has 4 aromatic carbocycles. The molecule has 0 unspecified atom stereocenters. The summed E-state index contributed by atoms with van der Waals surface area (Å²) >= 11 is 0. The van der Waals surface area contributed by atoms with Crippen molar-refractivity contribution in [1.82, 2.24) is 0 Å². The Bertz CT molecular complexity index is 1160. The molecular weight excluding hydrogens is 350 g/mol. The average Bonchev–Trinajstić information content (AvgIpc) is 2.79. The van der Waals surface area contributed by atoms with Crippen molar-refractivity contribution in [3.05, 3.63) is 115 Å². The van der Waals surface area contributed by atoms with Crippen molar-refractivity contribution in [2.24, 2.45) is 0 Å². The van der Waals surface area contributed by atoms with Crippen molar-refractivity contribution in [1.29, 1.82) is 0 Å². The van der Waals surface area contributed by atoms with Crippen molar-refractivity contribution in [2.45, 2.75) is 6.92 Å². The minimum Gasteiger partial charge on any atom is -0.344 e. The van der Waals surface area contributed by atoms with Crippen LogP contribution in [0.1, 0.15) is 12.5 Å². The Morgan fingerprint density at radius 1 is 0.690 bits per heavy atom. The standard InChI is InChI=1S/C28H25N/c1-3-4-5-12-24-13-7-9-17-28(24)29(2)25-20-18-23(19-21-25)27-16-10-14-22-11-6-8-15-26(22)27/h3-21H,1-2H3/b4-3-,12-5-. The van der Waals surface area contributed by atoms with Gasteiger partial charge in [-0.3, -0.25) is 0 Å². The third-order valence-corrected chi connectivity index (χ3v) is 5.23. The molecule has 0 heterocycles. The van der Waals surface area contributed by atoms with E-state index in [9.17, 15) is 0 Å². The number of para-hydroxylation sites is 1. The molecule has 0 saturated heterocycles. The van der Waals surface area contributed by atoms with Crippen LogP contribution in [0.25, 0.3) is 28.0 Å². The number of fused-ring (bicyclic) bond motifs is 1. The molecule has 0 aliphatic carbocycles. The molecule has 4 rings (SSSR count). The van der Waals surface area contributed by atoms with E-state index in [0.29, 0.717) is 0 Å². The molecule has 0 N–H and O–H groups in total. The SMILES string of the molecule is C/C=C\C=C/c1ccccc1N(C)c1ccc(-c2cccc3ccccc23)cc1. The summed E-state index contributed by atoms with van der Waals surface area (Å²) in [6.07, 6.45) is 8.32. The first kappa shape index (κ1) is 18.8. The Balaban J connectivity index is 1.67. The number of allylic oxidation sites excluding steroid dienone is 3. The van der Waals surface area contributed by atoms with Gasteiger partial charge in [0.1, 0.15) is 0 Å². The van der Waals surface area contributed by atoms with Gasteiger partial charge < -0.3 is 4.90 Å². The lowest BCUT2D eigenvalue weighted by Gasteiger charge is -2.22. The molecule has 1 nitrogen and oxygen atoms in total. The van der Waals surface area contributed by atoms with E-state index in [2.05, 4.69) is 121 Å². The van der Waals surface area contributed by atoms with Gasteiger partial charge >= 0.3 is 0 Å². The van der Waals surface area contributed by atoms with Crippen LogP contribution < -0.4 is 4.90 Å². The van der Waals surface area contributed by atoms with Gasteiger partial charge in [-0.05, 0) is 52.6 Å². The summed E-state index contributed by atoms with van der Waals surface area (Å²) < 4.78 is 0. The van der Waals surface area contributed by atoms with Gasteiger partial charge in [-0.2, -0.15) is 0 Å². The van der Waals surface area contributed by atoms with Crippen LogP contribution in [-0.2, 0) is 0 Å². The van der Waals surface area contributed by atoms with E-state index in [4.69, 9.17) is 0 Å². The van der Waals surface area contributed by atoms with Crippen LogP contribution >= 0.6 is 0 Å². The normalized spacial score (nSPS) is 11.5. The smallest absolute Gasteiger partial charge is 0.0481 e. The molecule has 0 spiro atoms. The second kappa shape index (κ2) is 8.62. The minimum absolute atomic E-state index is 1.17. The fourth-order valence-electron chi connectivity index (χ4n) is 3.69. The molecule has 0 aromatic heterocycles. The van der Waals surface area contributed by atoms with Crippen LogP contribution in [0.15, 0.2) is 109 Å². The van der Waals surface area contributed by atoms with Crippen LogP contribution in [0.3, 0.4) is 0 Å². The fraction of sp³-hybridized carbons (Fsp3) is 0.0714. The Labute approximate surface area is 173 Å². The lowest BCUT2D eigenvalue weighted by atomic mass is 9.98. The first-order chi connectivity index (χ1) is 14.3. The molecule has 0 saturated carbocycles. The summed E-state index contributed by atoms with van der Waals surface area (Å²) in [5.41, 5.74) is 6.06. The van der Waals surface area contributed by atoms with Crippen molar-refractivity contribution in [2.75, 3.05) is 11.9 Å². The number of rotatable bonds is 5. The summed E-state index contributed by atoms with van der Waals surface area (Å²) in [7, 11) is 2.12. The lowest BCUT2D eigenvalue weighted by Crippen LogP contribution is -2.10. The first-order valence-corrected chi connectivity index (χ1v) is 9.98. The van der Waals surface area contributed by atoms with Gasteiger partial charge in [0.25, 0.3) is 0 Å². The number of hydrogen-bond donors (Lipinski definition) is 0. The van der Waals surface area contributed by atoms with E-state index in [1.54, 1.807) is 0 Å². The minimum atomic E-state index is 1.17. The zero-order valence-corrected chi connectivity index (χ0v) is 16.9. The van der Waals surface area contributed by atoms with Gasteiger partial charge in [-0.15, -0.1) is 0 Å². The number of benzene rings is 4. The summed E-state index contributed by atoms with van der Waals surface area (Å²) in [6, 6.07) is 32.3. The van der Waals surface area contributed by atoms with E-state index in [1.165, 1.54) is 38.8 Å². The zero-order valence-electron chi connectivity index (χ0n) is 16.9.